The lowest BCUT2D eigenvalue weighted by Crippen LogP contribution is -2.39. The minimum Gasteiger partial charge on any atom is -0.493 e. The first-order valence-electron chi connectivity index (χ1n) is 12.0. The molecule has 0 aliphatic carbocycles. The van der Waals surface area contributed by atoms with Crippen LogP contribution in [0.15, 0.2) is 57.5 Å². The molecule has 0 radical (unpaired) electrons. The SMILES string of the molecule is COC(=O)C1=C(C)N=c2sc(=Cc3ccc(Cl)c(Cl)c3)c(=O)n2C1c1ccc(OCCC(C)C)c(OC)c1. The normalized spacial score (nSPS) is 15.4. The molecule has 1 atom stereocenters. The minimum absolute atomic E-state index is 0.275. The Kier molecular flexibility index (Phi) is 8.65. The standard InChI is InChI=1S/C28H28Cl2N2O5S/c1-15(2)10-11-37-21-9-7-18(14-22(21)35-4)25-24(27(34)36-5)16(3)31-28-32(25)26(33)23(38-28)13-17-6-8-19(29)20(30)12-17/h6-9,12-15,25H,10-11H2,1-5H3. The summed E-state index contributed by atoms with van der Waals surface area (Å²) < 4.78 is 18.6. The number of thiazole rings is 1. The van der Waals surface area contributed by atoms with Gasteiger partial charge in [0.15, 0.2) is 16.3 Å². The van der Waals surface area contributed by atoms with Gasteiger partial charge in [-0.25, -0.2) is 9.79 Å². The monoisotopic (exact) mass is 574 g/mol. The van der Waals surface area contributed by atoms with Gasteiger partial charge in [-0.3, -0.25) is 9.36 Å². The van der Waals surface area contributed by atoms with Crippen molar-refractivity contribution >= 4 is 46.6 Å². The number of halogens is 2. The number of ether oxygens (including phenoxy) is 3. The molecule has 1 aliphatic heterocycles. The van der Waals surface area contributed by atoms with Gasteiger partial charge in [-0.2, -0.15) is 0 Å². The van der Waals surface area contributed by atoms with Crippen molar-refractivity contribution in [1.29, 1.82) is 0 Å². The molecular formula is C28H28Cl2N2O5S. The van der Waals surface area contributed by atoms with E-state index in [1.165, 1.54) is 23.0 Å². The van der Waals surface area contributed by atoms with Crippen LogP contribution < -0.4 is 24.4 Å². The number of benzene rings is 2. The quantitative estimate of drug-likeness (QED) is 0.348. The smallest absolute Gasteiger partial charge is 0.338 e. The maximum absolute atomic E-state index is 13.7. The molecule has 0 amide bonds. The molecule has 1 unspecified atom stereocenters. The van der Waals surface area contributed by atoms with Crippen LogP contribution in [0.4, 0.5) is 0 Å². The molecule has 3 aromatic rings. The van der Waals surface area contributed by atoms with E-state index >= 15 is 0 Å². The molecule has 1 aromatic heterocycles. The zero-order valence-electron chi connectivity index (χ0n) is 21.7. The Balaban J connectivity index is 1.87. The molecule has 4 rings (SSSR count). The third-order valence-electron chi connectivity index (χ3n) is 6.12. The van der Waals surface area contributed by atoms with E-state index in [1.54, 1.807) is 50.4 Å². The first kappa shape index (κ1) is 28.0. The van der Waals surface area contributed by atoms with Crippen LogP contribution in [-0.4, -0.2) is 31.4 Å². The number of fused-ring (bicyclic) bond motifs is 1. The van der Waals surface area contributed by atoms with Crippen molar-refractivity contribution in [2.24, 2.45) is 10.9 Å². The number of rotatable bonds is 8. The van der Waals surface area contributed by atoms with E-state index in [2.05, 4.69) is 18.8 Å². The number of nitrogens with zero attached hydrogens (tertiary/aromatic N) is 2. The Morgan fingerprint density at radius 2 is 1.89 bits per heavy atom. The Morgan fingerprint density at radius 3 is 2.55 bits per heavy atom. The molecule has 7 nitrogen and oxygen atoms in total. The van der Waals surface area contributed by atoms with Gasteiger partial charge in [0.1, 0.15) is 0 Å². The van der Waals surface area contributed by atoms with Gasteiger partial charge in [-0.15, -0.1) is 0 Å². The first-order valence-corrected chi connectivity index (χ1v) is 13.6. The molecule has 2 aromatic carbocycles. The first-order chi connectivity index (χ1) is 18.1. The van der Waals surface area contributed by atoms with Gasteiger partial charge in [-0.05, 0) is 60.7 Å². The molecule has 200 valence electrons. The number of esters is 1. The van der Waals surface area contributed by atoms with Crippen LogP contribution in [0.25, 0.3) is 6.08 Å². The third-order valence-corrected chi connectivity index (χ3v) is 7.85. The van der Waals surface area contributed by atoms with Crippen LogP contribution in [0.1, 0.15) is 44.4 Å². The van der Waals surface area contributed by atoms with Gasteiger partial charge in [0.05, 0.1) is 52.7 Å². The summed E-state index contributed by atoms with van der Waals surface area (Å²) in [5.41, 5.74) is 1.83. The fourth-order valence-corrected chi connectivity index (χ4v) is 5.49. The van der Waals surface area contributed by atoms with Crippen molar-refractivity contribution in [3.05, 3.63) is 88.5 Å². The van der Waals surface area contributed by atoms with Crippen molar-refractivity contribution in [1.82, 2.24) is 4.57 Å². The summed E-state index contributed by atoms with van der Waals surface area (Å²) in [6, 6.07) is 9.78. The zero-order chi connectivity index (χ0) is 27.6. The lowest BCUT2D eigenvalue weighted by Gasteiger charge is -2.25. The summed E-state index contributed by atoms with van der Waals surface area (Å²) in [6.07, 6.45) is 2.63. The number of allylic oxidation sites excluding steroid dienone is 1. The number of methoxy groups -OCH3 is 2. The van der Waals surface area contributed by atoms with Crippen molar-refractivity contribution in [2.75, 3.05) is 20.8 Å². The van der Waals surface area contributed by atoms with Gasteiger partial charge in [-0.1, -0.05) is 60.5 Å². The largest absolute Gasteiger partial charge is 0.493 e. The summed E-state index contributed by atoms with van der Waals surface area (Å²) >= 11 is 13.4. The number of aromatic nitrogens is 1. The summed E-state index contributed by atoms with van der Waals surface area (Å²) in [5.74, 6) is 1.03. The number of carbonyl (C=O) groups excluding carboxylic acids is 1. The van der Waals surface area contributed by atoms with Crippen LogP contribution in [-0.2, 0) is 9.53 Å². The summed E-state index contributed by atoms with van der Waals surface area (Å²) in [5, 5.41) is 0.812. The van der Waals surface area contributed by atoms with Gasteiger partial charge in [0.25, 0.3) is 5.56 Å². The lowest BCUT2D eigenvalue weighted by atomic mass is 9.95. The van der Waals surface area contributed by atoms with Crippen LogP contribution >= 0.6 is 34.5 Å². The Hall–Kier alpha value is -3.07. The molecule has 0 saturated carbocycles. The van der Waals surface area contributed by atoms with Crippen LogP contribution in [0.3, 0.4) is 0 Å². The molecule has 10 heteroatoms. The van der Waals surface area contributed by atoms with Gasteiger partial charge in [0.2, 0.25) is 0 Å². The van der Waals surface area contributed by atoms with Crippen molar-refractivity contribution in [3.63, 3.8) is 0 Å². The molecule has 2 heterocycles. The van der Waals surface area contributed by atoms with E-state index in [-0.39, 0.29) is 11.1 Å². The van der Waals surface area contributed by atoms with E-state index in [4.69, 9.17) is 37.4 Å². The molecule has 38 heavy (non-hydrogen) atoms. The number of hydrogen-bond donors (Lipinski definition) is 0. The van der Waals surface area contributed by atoms with Crippen molar-refractivity contribution in [3.8, 4) is 11.5 Å². The van der Waals surface area contributed by atoms with E-state index < -0.39 is 12.0 Å². The van der Waals surface area contributed by atoms with Gasteiger partial charge >= 0.3 is 5.97 Å². The highest BCUT2D eigenvalue weighted by Crippen LogP contribution is 2.36. The van der Waals surface area contributed by atoms with E-state index in [1.807, 2.05) is 6.07 Å². The average Bonchev–Trinajstić information content (AvgIpc) is 3.19. The second kappa shape index (κ2) is 11.8. The zero-order valence-corrected chi connectivity index (χ0v) is 24.0. The molecular weight excluding hydrogens is 547 g/mol. The van der Waals surface area contributed by atoms with Crippen molar-refractivity contribution in [2.45, 2.75) is 33.2 Å². The van der Waals surface area contributed by atoms with Crippen molar-refractivity contribution < 1.29 is 19.0 Å². The highest BCUT2D eigenvalue weighted by atomic mass is 35.5. The third kappa shape index (κ3) is 5.67. The molecule has 0 spiro atoms. The maximum Gasteiger partial charge on any atom is 0.338 e. The second-order valence-corrected chi connectivity index (χ2v) is 11.0. The van der Waals surface area contributed by atoms with E-state index in [0.29, 0.717) is 54.7 Å². The van der Waals surface area contributed by atoms with Crippen LogP contribution in [0.2, 0.25) is 10.0 Å². The fraction of sp³-hybridized carbons (Fsp3) is 0.321. The molecule has 0 fully saturated rings. The average molecular weight is 576 g/mol. The fourth-order valence-electron chi connectivity index (χ4n) is 4.14. The predicted octanol–water partition coefficient (Wildman–Crippen LogP) is 5.15. The second-order valence-electron chi connectivity index (χ2n) is 9.19. The minimum atomic E-state index is -0.770. The van der Waals surface area contributed by atoms with Gasteiger partial charge < -0.3 is 14.2 Å². The molecule has 0 bridgehead atoms. The Labute approximate surface area is 234 Å². The Bertz CT molecular complexity index is 1590. The van der Waals surface area contributed by atoms with E-state index in [0.717, 1.165) is 12.0 Å². The number of hydrogen-bond acceptors (Lipinski definition) is 7. The molecule has 0 N–H and O–H groups in total. The Morgan fingerprint density at radius 1 is 1.13 bits per heavy atom. The predicted molar refractivity (Wildman–Crippen MR) is 150 cm³/mol. The number of carbonyl (C=O) groups is 1. The van der Waals surface area contributed by atoms with Gasteiger partial charge in [0, 0.05) is 0 Å². The summed E-state index contributed by atoms with van der Waals surface area (Å²) in [4.78, 5) is 31.7. The van der Waals surface area contributed by atoms with Crippen LogP contribution in [0.5, 0.6) is 11.5 Å². The highest BCUT2D eigenvalue weighted by molar-refractivity contribution is 7.07. The summed E-state index contributed by atoms with van der Waals surface area (Å²) in [7, 11) is 2.86. The topological polar surface area (TPSA) is 79.1 Å². The maximum atomic E-state index is 13.7. The molecule has 1 aliphatic rings. The lowest BCUT2D eigenvalue weighted by molar-refractivity contribution is -0.136. The van der Waals surface area contributed by atoms with Crippen LogP contribution in [0, 0.1) is 5.92 Å². The highest BCUT2D eigenvalue weighted by Gasteiger charge is 2.33. The summed E-state index contributed by atoms with van der Waals surface area (Å²) in [6.45, 7) is 6.54. The molecule has 0 saturated heterocycles. The van der Waals surface area contributed by atoms with E-state index in [9.17, 15) is 9.59 Å².